The van der Waals surface area contributed by atoms with Crippen molar-refractivity contribution in [1.82, 2.24) is 0 Å². The number of anilines is 1. The summed E-state index contributed by atoms with van der Waals surface area (Å²) in [5.74, 6) is -0.783. The summed E-state index contributed by atoms with van der Waals surface area (Å²) < 4.78 is 25.4. The zero-order chi connectivity index (χ0) is 13.1. The van der Waals surface area contributed by atoms with Gasteiger partial charge in [-0.3, -0.25) is 8.98 Å². The molecule has 0 bridgehead atoms. The molecule has 0 aliphatic heterocycles. The van der Waals surface area contributed by atoms with E-state index in [1.807, 2.05) is 0 Å². The van der Waals surface area contributed by atoms with Crippen molar-refractivity contribution in [3.8, 4) is 0 Å². The first-order valence-electron chi connectivity index (χ1n) is 4.17. The quantitative estimate of drug-likeness (QED) is 0.391. The fourth-order valence-electron chi connectivity index (χ4n) is 0.912. The van der Waals surface area contributed by atoms with Gasteiger partial charge in [0.05, 0.1) is 19.8 Å². The molecule has 0 saturated heterocycles. The van der Waals surface area contributed by atoms with E-state index < -0.39 is 20.4 Å². The van der Waals surface area contributed by atoms with Crippen LogP contribution in [0.3, 0.4) is 0 Å². The van der Waals surface area contributed by atoms with E-state index in [0.29, 0.717) is 10.7 Å². The Kier molecular flexibility index (Phi) is 8.31. The van der Waals surface area contributed by atoms with Crippen molar-refractivity contribution in [2.24, 2.45) is 0 Å². The number of para-hydroxylation sites is 1. The smallest absolute Gasteiger partial charge is 0.748 e. The molecule has 0 saturated carbocycles. The summed E-state index contributed by atoms with van der Waals surface area (Å²) in [6.45, 7) is 0. The Morgan fingerprint density at radius 1 is 1.56 bits per heavy atom. The normalized spacial score (nSPS) is 15.1. The van der Waals surface area contributed by atoms with Gasteiger partial charge < -0.3 is 9.87 Å². The van der Waals surface area contributed by atoms with Crippen LogP contribution in [0.2, 0.25) is 5.02 Å². The number of carbonyl (C=O) groups is 1. The second kappa shape index (κ2) is 8.03. The van der Waals surface area contributed by atoms with Crippen molar-refractivity contribution in [2.75, 3.05) is 5.32 Å². The molecule has 0 aliphatic carbocycles. The van der Waals surface area contributed by atoms with Gasteiger partial charge in [-0.2, -0.15) is 0 Å². The summed E-state index contributed by atoms with van der Waals surface area (Å²) >= 11 is 13.4. The first-order chi connectivity index (χ1) is 7.79. The van der Waals surface area contributed by atoms with Crippen molar-refractivity contribution in [2.45, 2.75) is 5.44 Å². The molecule has 1 rings (SSSR count). The van der Waals surface area contributed by atoms with Gasteiger partial charge in [-0.05, 0) is 23.3 Å². The molecule has 1 amide bonds. The van der Waals surface area contributed by atoms with E-state index in [1.54, 1.807) is 24.3 Å². The predicted octanol–water partition coefficient (Wildman–Crippen LogP) is -1.65. The number of amides is 1. The summed E-state index contributed by atoms with van der Waals surface area (Å²) in [4.78, 5) is 11.5. The van der Waals surface area contributed by atoms with E-state index in [4.69, 9.17) is 11.6 Å². The Hall–Kier alpha value is 0.620. The van der Waals surface area contributed by atoms with Crippen molar-refractivity contribution in [1.29, 1.82) is 0 Å². The number of halogens is 1. The summed E-state index contributed by atoms with van der Waals surface area (Å²) in [6, 6.07) is 6.44. The molecular formula is C8H7ClNNaO4S3. The second-order valence-corrected chi connectivity index (χ2v) is 5.94. The average Bonchev–Trinajstić information content (AvgIpc) is 2.18. The molecule has 1 aromatic carbocycles. The molecule has 1 N–H and O–H groups in total. The zero-order valence-electron chi connectivity index (χ0n) is 9.16. The minimum absolute atomic E-state index is 0. The van der Waals surface area contributed by atoms with E-state index in [1.165, 1.54) is 0 Å². The summed E-state index contributed by atoms with van der Waals surface area (Å²) in [5.41, 5.74) is -1.20. The Balaban J connectivity index is 0.00000289. The van der Waals surface area contributed by atoms with E-state index in [0.717, 1.165) is 0 Å². The summed E-state index contributed by atoms with van der Waals surface area (Å²) in [5, 5.41) is 2.66. The van der Waals surface area contributed by atoms with Crippen LogP contribution in [0.1, 0.15) is 0 Å². The SMILES string of the molecule is O=C(Nc1ccccc1Cl)C(S)OS(=O)([O-])=S.[Na+]. The third-order valence-electron chi connectivity index (χ3n) is 1.57. The minimum atomic E-state index is -4.16. The van der Waals surface area contributed by atoms with Crippen LogP contribution in [-0.4, -0.2) is 20.1 Å². The van der Waals surface area contributed by atoms with Gasteiger partial charge in [0, 0.05) is 0 Å². The Bertz CT molecular complexity index is 525. The summed E-state index contributed by atoms with van der Waals surface area (Å²) in [7, 11) is -4.16. The van der Waals surface area contributed by atoms with Gasteiger partial charge >= 0.3 is 29.6 Å². The van der Waals surface area contributed by atoms with Gasteiger partial charge in [0.25, 0.3) is 5.91 Å². The zero-order valence-corrected chi connectivity index (χ0v) is 14.4. The summed E-state index contributed by atoms with van der Waals surface area (Å²) in [6.07, 6.45) is 0. The molecule has 5 nitrogen and oxygen atoms in total. The molecule has 0 aliphatic rings. The number of nitrogens with one attached hydrogen (secondary N) is 1. The third kappa shape index (κ3) is 6.69. The largest absolute Gasteiger partial charge is 1.00 e. The minimum Gasteiger partial charge on any atom is -0.748 e. The van der Waals surface area contributed by atoms with Gasteiger partial charge in [0.1, 0.15) is 0 Å². The first-order valence-corrected chi connectivity index (χ1v) is 7.40. The number of carbonyl (C=O) groups excluding carboxylic acids is 1. The molecule has 0 aromatic heterocycles. The van der Waals surface area contributed by atoms with Crippen LogP contribution in [0.25, 0.3) is 0 Å². The van der Waals surface area contributed by atoms with Gasteiger partial charge in [-0.25, -0.2) is 4.21 Å². The van der Waals surface area contributed by atoms with Gasteiger partial charge in [0.15, 0.2) is 5.44 Å². The van der Waals surface area contributed by atoms with Crippen LogP contribution in [0.5, 0.6) is 0 Å². The number of hydrogen-bond acceptors (Lipinski definition) is 6. The van der Waals surface area contributed by atoms with Crippen LogP contribution in [0, 0.1) is 0 Å². The van der Waals surface area contributed by atoms with E-state index in [-0.39, 0.29) is 29.6 Å². The van der Waals surface area contributed by atoms with Crippen LogP contribution in [0.4, 0.5) is 5.69 Å². The van der Waals surface area contributed by atoms with Crippen LogP contribution >= 0.6 is 24.2 Å². The third-order valence-corrected chi connectivity index (χ3v) is 3.04. The van der Waals surface area contributed by atoms with E-state index in [9.17, 15) is 13.6 Å². The maximum Gasteiger partial charge on any atom is 1.00 e. The predicted molar refractivity (Wildman–Crippen MR) is 70.2 cm³/mol. The number of thiol groups is 1. The molecule has 2 unspecified atom stereocenters. The molecule has 2 atom stereocenters. The molecule has 94 valence electrons. The Morgan fingerprint density at radius 3 is 2.61 bits per heavy atom. The molecule has 0 fully saturated rings. The molecule has 0 spiro atoms. The molecule has 0 heterocycles. The van der Waals surface area contributed by atoms with Crippen LogP contribution in [-0.2, 0) is 29.2 Å². The maximum atomic E-state index is 11.5. The van der Waals surface area contributed by atoms with Crippen molar-refractivity contribution < 1.29 is 47.3 Å². The standard InChI is InChI=1S/C8H8ClNO4S3.Na/c9-5-3-1-2-4-6(5)10-7(11)8(15)14-17(12,13)16;/h1-4,8,15H,(H,10,11)(H,12,13,16);/q;+1/p-1. The first kappa shape index (κ1) is 18.6. The van der Waals surface area contributed by atoms with Gasteiger partial charge in [0.2, 0.25) is 0 Å². The van der Waals surface area contributed by atoms with Crippen LogP contribution in [0.15, 0.2) is 24.3 Å². The van der Waals surface area contributed by atoms with Crippen molar-refractivity contribution in [3.05, 3.63) is 29.3 Å². The molecule has 10 heteroatoms. The molecular weight excluding hydrogens is 329 g/mol. The van der Waals surface area contributed by atoms with Gasteiger partial charge in [-0.15, -0.1) is 12.6 Å². The number of rotatable bonds is 4. The molecule has 0 radical (unpaired) electrons. The fourth-order valence-corrected chi connectivity index (χ4v) is 2.22. The molecule has 18 heavy (non-hydrogen) atoms. The second-order valence-electron chi connectivity index (χ2n) is 2.83. The Morgan fingerprint density at radius 2 is 2.11 bits per heavy atom. The topological polar surface area (TPSA) is 78.5 Å². The number of benzene rings is 1. The maximum absolute atomic E-state index is 11.5. The van der Waals surface area contributed by atoms with E-state index in [2.05, 4.69) is 33.3 Å². The fraction of sp³-hybridized carbons (Fsp3) is 0.125. The van der Waals surface area contributed by atoms with Gasteiger partial charge in [-0.1, -0.05) is 23.7 Å². The van der Waals surface area contributed by atoms with Crippen molar-refractivity contribution >= 4 is 56.1 Å². The average molecular weight is 336 g/mol. The monoisotopic (exact) mass is 335 g/mol. The Labute approximate surface area is 142 Å². The molecule has 1 aromatic rings. The van der Waals surface area contributed by atoms with E-state index >= 15 is 0 Å². The number of hydrogen-bond donors (Lipinski definition) is 2. The van der Waals surface area contributed by atoms with Crippen LogP contribution < -0.4 is 34.9 Å². The van der Waals surface area contributed by atoms with Crippen molar-refractivity contribution in [3.63, 3.8) is 0 Å².